The zero-order valence-electron chi connectivity index (χ0n) is 13.4. The van der Waals surface area contributed by atoms with Crippen molar-refractivity contribution in [1.82, 2.24) is 15.1 Å². The predicted octanol–water partition coefficient (Wildman–Crippen LogP) is 2.87. The number of fused-ring (bicyclic) bond motifs is 1. The van der Waals surface area contributed by atoms with E-state index >= 15 is 0 Å². The number of amides is 1. The standard InChI is InChI=1S/C16H25N3O2/c1-10-5-6-13-12(7-10)14(18-17-13)11-8-19(9-11)15(20)21-16(2,3)4/h10-11H,5-9H2,1-4H3,(H,17,18). The minimum Gasteiger partial charge on any atom is -0.444 e. The first-order valence-electron chi connectivity index (χ1n) is 7.87. The van der Waals surface area contributed by atoms with Crippen LogP contribution in [0.2, 0.25) is 0 Å². The normalized spacial score (nSPS) is 22.7. The number of ether oxygens (including phenoxy) is 1. The first-order chi connectivity index (χ1) is 9.83. The van der Waals surface area contributed by atoms with Crippen LogP contribution in [0, 0.1) is 5.92 Å². The summed E-state index contributed by atoms with van der Waals surface area (Å²) < 4.78 is 5.40. The second-order valence-electron chi connectivity index (χ2n) is 7.50. The van der Waals surface area contributed by atoms with Crippen molar-refractivity contribution in [3.63, 3.8) is 0 Å². The molecule has 5 nitrogen and oxygen atoms in total. The van der Waals surface area contributed by atoms with Gasteiger partial charge in [0.2, 0.25) is 0 Å². The molecule has 21 heavy (non-hydrogen) atoms. The van der Waals surface area contributed by atoms with Crippen LogP contribution in [0.25, 0.3) is 0 Å². The minimum atomic E-state index is -0.427. The summed E-state index contributed by atoms with van der Waals surface area (Å²) in [5.74, 6) is 1.10. The monoisotopic (exact) mass is 291 g/mol. The highest BCUT2D eigenvalue weighted by molar-refractivity contribution is 5.69. The van der Waals surface area contributed by atoms with Gasteiger partial charge in [-0.15, -0.1) is 0 Å². The van der Waals surface area contributed by atoms with Crippen LogP contribution in [-0.2, 0) is 17.6 Å². The number of nitrogens with zero attached hydrogens (tertiary/aromatic N) is 2. The Bertz CT molecular complexity index is 538. The minimum absolute atomic E-state index is 0.212. The van der Waals surface area contributed by atoms with E-state index in [1.165, 1.54) is 23.4 Å². The van der Waals surface area contributed by atoms with Gasteiger partial charge in [0.15, 0.2) is 0 Å². The molecular formula is C16H25N3O2. The Hall–Kier alpha value is -1.52. The first kappa shape index (κ1) is 14.4. The molecule has 5 heteroatoms. The number of nitrogens with one attached hydrogen (secondary N) is 1. The molecule has 0 bridgehead atoms. The molecule has 0 spiro atoms. The number of carbonyl (C=O) groups is 1. The van der Waals surface area contributed by atoms with Gasteiger partial charge in [0.1, 0.15) is 5.60 Å². The number of carbonyl (C=O) groups excluding carboxylic acids is 1. The summed E-state index contributed by atoms with van der Waals surface area (Å²) >= 11 is 0. The molecular weight excluding hydrogens is 266 g/mol. The van der Waals surface area contributed by atoms with Crippen molar-refractivity contribution in [2.24, 2.45) is 5.92 Å². The van der Waals surface area contributed by atoms with E-state index < -0.39 is 5.60 Å². The highest BCUT2D eigenvalue weighted by atomic mass is 16.6. The Balaban J connectivity index is 1.62. The molecule has 116 valence electrons. The van der Waals surface area contributed by atoms with E-state index in [2.05, 4.69) is 17.1 Å². The van der Waals surface area contributed by atoms with E-state index in [1.807, 2.05) is 20.8 Å². The molecule has 1 aliphatic carbocycles. The number of aromatic amines is 1. The molecule has 1 aromatic heterocycles. The second-order valence-corrected chi connectivity index (χ2v) is 7.50. The van der Waals surface area contributed by atoms with Crippen LogP contribution < -0.4 is 0 Å². The summed E-state index contributed by atoms with van der Waals surface area (Å²) in [6, 6.07) is 0. The molecule has 2 aliphatic rings. The molecule has 2 heterocycles. The summed E-state index contributed by atoms with van der Waals surface area (Å²) in [7, 11) is 0. The van der Waals surface area contributed by atoms with E-state index in [9.17, 15) is 4.79 Å². The van der Waals surface area contributed by atoms with Crippen molar-refractivity contribution in [1.29, 1.82) is 0 Å². The SMILES string of the molecule is CC1CCc2[nH]nc(C3CN(C(=O)OC(C)(C)C)C3)c2C1. The second kappa shape index (κ2) is 5.04. The molecule has 3 rings (SSSR count). The predicted molar refractivity (Wildman–Crippen MR) is 80.3 cm³/mol. The molecule has 1 unspecified atom stereocenters. The largest absolute Gasteiger partial charge is 0.444 e. The van der Waals surface area contributed by atoms with Gasteiger partial charge in [0, 0.05) is 24.7 Å². The van der Waals surface area contributed by atoms with Crippen LogP contribution in [0.4, 0.5) is 4.79 Å². The van der Waals surface area contributed by atoms with Crippen LogP contribution in [-0.4, -0.2) is 39.9 Å². The zero-order valence-corrected chi connectivity index (χ0v) is 13.4. The number of aromatic nitrogens is 2. The Labute approximate surface area is 126 Å². The van der Waals surface area contributed by atoms with Crippen molar-refractivity contribution < 1.29 is 9.53 Å². The topological polar surface area (TPSA) is 58.2 Å². The van der Waals surface area contributed by atoms with Gasteiger partial charge in [-0.3, -0.25) is 5.10 Å². The van der Waals surface area contributed by atoms with Crippen LogP contribution in [0.5, 0.6) is 0 Å². The fraction of sp³-hybridized carbons (Fsp3) is 0.750. The summed E-state index contributed by atoms with van der Waals surface area (Å²) in [5, 5.41) is 7.71. The van der Waals surface area contributed by atoms with Crippen molar-refractivity contribution in [2.75, 3.05) is 13.1 Å². The van der Waals surface area contributed by atoms with E-state index in [-0.39, 0.29) is 6.09 Å². The van der Waals surface area contributed by atoms with Crippen LogP contribution >= 0.6 is 0 Å². The van der Waals surface area contributed by atoms with Crippen molar-refractivity contribution in [2.45, 2.75) is 58.5 Å². The van der Waals surface area contributed by atoms with Crippen molar-refractivity contribution in [3.8, 4) is 0 Å². The number of H-pyrrole nitrogens is 1. The smallest absolute Gasteiger partial charge is 0.410 e. The summed E-state index contributed by atoms with van der Waals surface area (Å²) in [5.41, 5.74) is 3.46. The van der Waals surface area contributed by atoms with Gasteiger partial charge >= 0.3 is 6.09 Å². The van der Waals surface area contributed by atoms with Gasteiger partial charge in [0.05, 0.1) is 5.69 Å². The lowest BCUT2D eigenvalue weighted by Crippen LogP contribution is -2.50. The third kappa shape index (κ3) is 2.92. The van der Waals surface area contributed by atoms with Crippen LogP contribution in [0.15, 0.2) is 0 Å². The highest BCUT2D eigenvalue weighted by Crippen LogP contribution is 2.34. The molecule has 1 fully saturated rings. The Morgan fingerprint density at radius 1 is 1.38 bits per heavy atom. The summed E-state index contributed by atoms with van der Waals surface area (Å²) in [6.07, 6.45) is 3.25. The van der Waals surface area contributed by atoms with E-state index in [0.29, 0.717) is 5.92 Å². The number of rotatable bonds is 1. The highest BCUT2D eigenvalue weighted by Gasteiger charge is 2.38. The molecule has 1 atom stereocenters. The summed E-state index contributed by atoms with van der Waals surface area (Å²) in [4.78, 5) is 13.7. The maximum atomic E-state index is 12.0. The maximum Gasteiger partial charge on any atom is 0.410 e. The molecule has 1 amide bonds. The van der Waals surface area contributed by atoms with Crippen molar-refractivity contribution >= 4 is 6.09 Å². The number of aryl methyl sites for hydroxylation is 1. The van der Waals surface area contributed by atoms with Gasteiger partial charge in [-0.05, 0) is 51.5 Å². The van der Waals surface area contributed by atoms with Gasteiger partial charge < -0.3 is 9.64 Å². The molecule has 0 radical (unpaired) electrons. The molecule has 1 aromatic rings. The average Bonchev–Trinajstić information content (AvgIpc) is 2.68. The average molecular weight is 291 g/mol. The zero-order chi connectivity index (χ0) is 15.2. The quantitative estimate of drug-likeness (QED) is 0.865. The third-order valence-electron chi connectivity index (χ3n) is 4.34. The molecule has 0 aromatic carbocycles. The van der Waals surface area contributed by atoms with E-state index in [0.717, 1.165) is 31.8 Å². The van der Waals surface area contributed by atoms with Crippen molar-refractivity contribution in [3.05, 3.63) is 17.0 Å². The van der Waals surface area contributed by atoms with Crippen LogP contribution in [0.1, 0.15) is 57.0 Å². The molecule has 1 saturated heterocycles. The number of hydrogen-bond acceptors (Lipinski definition) is 3. The van der Waals surface area contributed by atoms with Crippen LogP contribution in [0.3, 0.4) is 0 Å². The Morgan fingerprint density at radius 3 is 2.76 bits per heavy atom. The fourth-order valence-corrected chi connectivity index (χ4v) is 3.16. The summed E-state index contributed by atoms with van der Waals surface area (Å²) in [6.45, 7) is 9.43. The van der Waals surface area contributed by atoms with Gasteiger partial charge in [-0.2, -0.15) is 5.10 Å². The number of likely N-dealkylation sites (tertiary alicyclic amines) is 1. The van der Waals surface area contributed by atoms with Gasteiger partial charge in [-0.25, -0.2) is 4.79 Å². The molecule has 0 saturated carbocycles. The molecule has 1 aliphatic heterocycles. The number of hydrogen-bond donors (Lipinski definition) is 1. The lowest BCUT2D eigenvalue weighted by molar-refractivity contribution is 0.00778. The maximum absolute atomic E-state index is 12.0. The van der Waals surface area contributed by atoms with Gasteiger partial charge in [-0.1, -0.05) is 6.92 Å². The first-order valence-corrected chi connectivity index (χ1v) is 7.87. The Morgan fingerprint density at radius 2 is 2.10 bits per heavy atom. The van der Waals surface area contributed by atoms with Gasteiger partial charge in [0.25, 0.3) is 0 Å². The van der Waals surface area contributed by atoms with E-state index in [1.54, 1.807) is 4.90 Å². The lowest BCUT2D eigenvalue weighted by atomic mass is 9.83. The van der Waals surface area contributed by atoms with E-state index in [4.69, 9.17) is 4.74 Å². The lowest BCUT2D eigenvalue weighted by Gasteiger charge is -2.39. The Kier molecular flexibility index (Phi) is 3.46. The molecule has 1 N–H and O–H groups in total. The fourth-order valence-electron chi connectivity index (χ4n) is 3.16. The third-order valence-corrected chi connectivity index (χ3v) is 4.34.